The van der Waals surface area contributed by atoms with Crippen LogP contribution in [0.3, 0.4) is 0 Å². The van der Waals surface area contributed by atoms with E-state index in [4.69, 9.17) is 4.52 Å². The summed E-state index contributed by atoms with van der Waals surface area (Å²) < 4.78 is 6.80. The minimum atomic E-state index is -0.0276. The molecule has 0 bridgehead atoms. The van der Waals surface area contributed by atoms with Crippen LogP contribution in [0.15, 0.2) is 29.0 Å². The summed E-state index contributed by atoms with van der Waals surface area (Å²) in [5, 5.41) is 8.11. The molecule has 0 aromatic carbocycles. The van der Waals surface area contributed by atoms with E-state index >= 15 is 0 Å². The van der Waals surface area contributed by atoms with E-state index in [9.17, 15) is 4.79 Å². The lowest BCUT2D eigenvalue weighted by Gasteiger charge is -2.16. The quantitative estimate of drug-likeness (QED) is 0.676. The maximum Gasteiger partial charge on any atom is 0.259 e. The molecule has 3 aromatic heterocycles. The molecule has 0 aliphatic rings. The van der Waals surface area contributed by atoms with Gasteiger partial charge in [-0.25, -0.2) is 9.67 Å². The van der Waals surface area contributed by atoms with E-state index in [1.807, 2.05) is 26.1 Å². The van der Waals surface area contributed by atoms with Gasteiger partial charge in [0.15, 0.2) is 11.6 Å². The standard InChI is InChI=1S/C18H22N6O2/c1-5-6-9-23(4)18(25)15-11-20-24(12(15)2)16-8-7-14(10-19-16)17-21-13(3)22-26-17/h7-8,10-11H,5-6,9H2,1-4H3. The second-order valence-corrected chi connectivity index (χ2v) is 6.19. The predicted octanol–water partition coefficient (Wildman–Crippen LogP) is 2.81. The molecule has 136 valence electrons. The van der Waals surface area contributed by atoms with Crippen molar-refractivity contribution in [3.63, 3.8) is 0 Å². The molecule has 0 saturated carbocycles. The molecule has 26 heavy (non-hydrogen) atoms. The molecule has 1 amide bonds. The maximum atomic E-state index is 12.6. The Kier molecular flexibility index (Phi) is 5.11. The van der Waals surface area contributed by atoms with E-state index < -0.39 is 0 Å². The average Bonchev–Trinajstić information content (AvgIpc) is 3.25. The summed E-state index contributed by atoms with van der Waals surface area (Å²) >= 11 is 0. The first-order valence-electron chi connectivity index (χ1n) is 8.58. The highest BCUT2D eigenvalue weighted by Crippen LogP contribution is 2.19. The number of carbonyl (C=O) groups excluding carboxylic acids is 1. The van der Waals surface area contributed by atoms with Crippen LogP contribution >= 0.6 is 0 Å². The summed E-state index contributed by atoms with van der Waals surface area (Å²) in [6.07, 6.45) is 5.27. The van der Waals surface area contributed by atoms with Gasteiger partial charge in [0.2, 0.25) is 0 Å². The van der Waals surface area contributed by atoms with Gasteiger partial charge in [0, 0.05) is 19.8 Å². The van der Waals surface area contributed by atoms with E-state index in [1.54, 1.807) is 28.9 Å². The molecule has 0 aliphatic heterocycles. The van der Waals surface area contributed by atoms with Crippen molar-refractivity contribution in [2.75, 3.05) is 13.6 Å². The van der Waals surface area contributed by atoms with Crippen molar-refractivity contribution in [2.45, 2.75) is 33.6 Å². The number of aryl methyl sites for hydroxylation is 1. The first kappa shape index (κ1) is 17.8. The van der Waals surface area contributed by atoms with Crippen LogP contribution < -0.4 is 0 Å². The third kappa shape index (κ3) is 3.49. The smallest absolute Gasteiger partial charge is 0.259 e. The van der Waals surface area contributed by atoms with Gasteiger partial charge in [-0.3, -0.25) is 4.79 Å². The number of rotatable bonds is 6. The zero-order valence-corrected chi connectivity index (χ0v) is 15.4. The Morgan fingerprint density at radius 2 is 2.08 bits per heavy atom. The van der Waals surface area contributed by atoms with E-state index in [-0.39, 0.29) is 5.91 Å². The van der Waals surface area contributed by atoms with Crippen LogP contribution in [-0.2, 0) is 0 Å². The Morgan fingerprint density at radius 1 is 1.27 bits per heavy atom. The first-order chi connectivity index (χ1) is 12.5. The van der Waals surface area contributed by atoms with Gasteiger partial charge in [0.05, 0.1) is 23.0 Å². The second-order valence-electron chi connectivity index (χ2n) is 6.19. The Balaban J connectivity index is 1.82. The molecule has 0 atom stereocenters. The fraction of sp³-hybridized carbons (Fsp3) is 0.389. The number of aromatic nitrogens is 5. The summed E-state index contributed by atoms with van der Waals surface area (Å²) in [6.45, 7) is 6.46. The van der Waals surface area contributed by atoms with Gasteiger partial charge in [0.25, 0.3) is 11.8 Å². The summed E-state index contributed by atoms with van der Waals surface area (Å²) in [5.74, 6) is 1.59. The number of unbranched alkanes of at least 4 members (excludes halogenated alkanes) is 1. The fourth-order valence-corrected chi connectivity index (χ4v) is 2.61. The lowest BCUT2D eigenvalue weighted by Crippen LogP contribution is -2.28. The van der Waals surface area contributed by atoms with E-state index in [0.717, 1.165) is 30.6 Å². The molecule has 0 unspecified atom stereocenters. The van der Waals surface area contributed by atoms with Crippen LogP contribution in [0.5, 0.6) is 0 Å². The van der Waals surface area contributed by atoms with E-state index in [1.165, 1.54) is 0 Å². The number of amides is 1. The summed E-state index contributed by atoms with van der Waals surface area (Å²) in [5.41, 5.74) is 2.07. The highest BCUT2D eigenvalue weighted by atomic mass is 16.5. The maximum absolute atomic E-state index is 12.6. The highest BCUT2D eigenvalue weighted by Gasteiger charge is 2.19. The van der Waals surface area contributed by atoms with Crippen LogP contribution in [0.2, 0.25) is 0 Å². The van der Waals surface area contributed by atoms with E-state index in [2.05, 4.69) is 27.1 Å². The minimum Gasteiger partial charge on any atom is -0.342 e. The predicted molar refractivity (Wildman–Crippen MR) is 96.0 cm³/mol. The van der Waals surface area contributed by atoms with Crippen LogP contribution in [0.4, 0.5) is 0 Å². The van der Waals surface area contributed by atoms with E-state index in [0.29, 0.717) is 23.1 Å². The fourth-order valence-electron chi connectivity index (χ4n) is 2.61. The molecule has 0 saturated heterocycles. The van der Waals surface area contributed by atoms with Crippen molar-refractivity contribution >= 4 is 5.91 Å². The molecule has 0 aliphatic carbocycles. The normalized spacial score (nSPS) is 10.9. The van der Waals surface area contributed by atoms with Gasteiger partial charge in [-0.05, 0) is 32.4 Å². The molecular formula is C18H22N6O2. The lowest BCUT2D eigenvalue weighted by molar-refractivity contribution is 0.0792. The van der Waals surface area contributed by atoms with Crippen molar-refractivity contribution in [2.24, 2.45) is 0 Å². The number of hydrogen-bond donors (Lipinski definition) is 0. The Morgan fingerprint density at radius 3 is 2.69 bits per heavy atom. The summed E-state index contributed by atoms with van der Waals surface area (Å²) in [4.78, 5) is 22.9. The zero-order valence-electron chi connectivity index (χ0n) is 15.4. The largest absolute Gasteiger partial charge is 0.342 e. The van der Waals surface area contributed by atoms with Crippen LogP contribution in [-0.4, -0.2) is 49.3 Å². The molecular weight excluding hydrogens is 332 g/mol. The highest BCUT2D eigenvalue weighted by molar-refractivity contribution is 5.95. The molecule has 0 fully saturated rings. The van der Waals surface area contributed by atoms with Crippen LogP contribution in [0.25, 0.3) is 17.3 Å². The number of hydrogen-bond acceptors (Lipinski definition) is 6. The molecule has 8 heteroatoms. The van der Waals surface area contributed by atoms with Crippen molar-refractivity contribution in [1.29, 1.82) is 0 Å². The summed E-state index contributed by atoms with van der Waals surface area (Å²) in [6, 6.07) is 3.65. The summed E-state index contributed by atoms with van der Waals surface area (Å²) in [7, 11) is 1.81. The average molecular weight is 354 g/mol. The minimum absolute atomic E-state index is 0.0276. The van der Waals surface area contributed by atoms with Gasteiger partial charge in [0.1, 0.15) is 0 Å². The molecule has 3 aromatic rings. The first-order valence-corrected chi connectivity index (χ1v) is 8.58. The van der Waals surface area contributed by atoms with Gasteiger partial charge >= 0.3 is 0 Å². The SMILES string of the molecule is CCCCN(C)C(=O)c1cnn(-c2ccc(-c3nc(C)no3)cn2)c1C. The van der Waals surface area contributed by atoms with Gasteiger partial charge < -0.3 is 9.42 Å². The third-order valence-corrected chi connectivity index (χ3v) is 4.17. The monoisotopic (exact) mass is 354 g/mol. The number of pyridine rings is 1. The zero-order chi connectivity index (χ0) is 18.7. The number of carbonyl (C=O) groups is 1. The van der Waals surface area contributed by atoms with Crippen molar-refractivity contribution in [1.82, 2.24) is 29.8 Å². The Bertz CT molecular complexity index is 897. The van der Waals surface area contributed by atoms with Gasteiger partial charge in [-0.1, -0.05) is 18.5 Å². The Hall–Kier alpha value is -3.03. The molecule has 3 heterocycles. The molecule has 8 nitrogen and oxygen atoms in total. The lowest BCUT2D eigenvalue weighted by atomic mass is 10.2. The molecule has 0 N–H and O–H groups in total. The van der Waals surface area contributed by atoms with Gasteiger partial charge in [-0.2, -0.15) is 10.1 Å². The van der Waals surface area contributed by atoms with Crippen molar-refractivity contribution in [3.8, 4) is 17.3 Å². The molecule has 0 radical (unpaired) electrons. The molecule has 0 spiro atoms. The Labute approximate surface area is 151 Å². The van der Waals surface area contributed by atoms with Gasteiger partial charge in [-0.15, -0.1) is 0 Å². The topological polar surface area (TPSA) is 89.9 Å². The van der Waals surface area contributed by atoms with Crippen molar-refractivity contribution < 1.29 is 9.32 Å². The number of nitrogens with zero attached hydrogens (tertiary/aromatic N) is 6. The second kappa shape index (κ2) is 7.47. The third-order valence-electron chi connectivity index (χ3n) is 4.17. The molecule has 3 rings (SSSR count). The van der Waals surface area contributed by atoms with Crippen LogP contribution in [0, 0.1) is 13.8 Å². The van der Waals surface area contributed by atoms with Crippen LogP contribution in [0.1, 0.15) is 41.6 Å². The van der Waals surface area contributed by atoms with Crippen molar-refractivity contribution in [3.05, 3.63) is 41.6 Å².